The van der Waals surface area contributed by atoms with Crippen LogP contribution in [0.4, 0.5) is 0 Å². The number of ether oxygens (including phenoxy) is 1. The van der Waals surface area contributed by atoms with Gasteiger partial charge in [0, 0.05) is 31.2 Å². The minimum Gasteiger partial charge on any atom is -0.373 e. The van der Waals surface area contributed by atoms with Gasteiger partial charge in [0.2, 0.25) is 0 Å². The van der Waals surface area contributed by atoms with Crippen LogP contribution in [0.1, 0.15) is 45.4 Å². The first-order valence-corrected chi connectivity index (χ1v) is 7.99. The van der Waals surface area contributed by atoms with E-state index in [1.807, 2.05) is 0 Å². The lowest BCUT2D eigenvalue weighted by atomic mass is 9.91. The molecule has 0 radical (unpaired) electrons. The molecule has 0 amide bonds. The molecule has 3 aliphatic heterocycles. The molecule has 1 saturated carbocycles. The molecule has 102 valence electrons. The Balaban J connectivity index is 1.48. The minimum absolute atomic E-state index is 0.557. The number of nitrogens with one attached hydrogen (secondary N) is 1. The molecule has 2 bridgehead atoms. The molecule has 5 unspecified atom stereocenters. The summed E-state index contributed by atoms with van der Waals surface area (Å²) in [6.45, 7) is 4.82. The largest absolute Gasteiger partial charge is 0.373 e. The Bertz CT molecular complexity index is 318. The summed E-state index contributed by atoms with van der Waals surface area (Å²) in [5, 5.41) is 3.80. The van der Waals surface area contributed by atoms with E-state index in [0.717, 1.165) is 24.0 Å². The van der Waals surface area contributed by atoms with Crippen molar-refractivity contribution < 1.29 is 4.74 Å². The molecule has 1 aliphatic carbocycles. The van der Waals surface area contributed by atoms with Gasteiger partial charge in [-0.2, -0.15) is 0 Å². The van der Waals surface area contributed by atoms with Gasteiger partial charge in [0.15, 0.2) is 0 Å². The van der Waals surface area contributed by atoms with Crippen LogP contribution in [0.5, 0.6) is 0 Å². The first-order chi connectivity index (χ1) is 8.85. The van der Waals surface area contributed by atoms with Crippen molar-refractivity contribution in [2.75, 3.05) is 13.1 Å². The molecule has 3 heteroatoms. The Hall–Kier alpha value is -0.120. The van der Waals surface area contributed by atoms with Gasteiger partial charge in [-0.25, -0.2) is 0 Å². The molecule has 1 N–H and O–H groups in total. The third-order valence-electron chi connectivity index (χ3n) is 5.65. The van der Waals surface area contributed by atoms with E-state index in [9.17, 15) is 0 Å². The van der Waals surface area contributed by atoms with E-state index in [1.165, 1.54) is 51.6 Å². The normalized spacial score (nSPS) is 48.8. The smallest absolute Gasteiger partial charge is 0.0736 e. The fraction of sp³-hybridized carbons (Fsp3) is 1.00. The molecular weight excluding hydrogens is 224 g/mol. The van der Waals surface area contributed by atoms with E-state index in [4.69, 9.17) is 4.74 Å². The molecular formula is C15H26N2O. The number of hydrogen-bond acceptors (Lipinski definition) is 3. The van der Waals surface area contributed by atoms with Crippen LogP contribution in [0.3, 0.4) is 0 Å². The van der Waals surface area contributed by atoms with E-state index in [0.29, 0.717) is 12.2 Å². The molecule has 4 rings (SSSR count). The van der Waals surface area contributed by atoms with E-state index in [2.05, 4.69) is 17.1 Å². The maximum Gasteiger partial charge on any atom is 0.0736 e. The average molecular weight is 250 g/mol. The lowest BCUT2D eigenvalue weighted by Crippen LogP contribution is -2.61. The van der Waals surface area contributed by atoms with Gasteiger partial charge < -0.3 is 10.1 Å². The van der Waals surface area contributed by atoms with E-state index in [1.54, 1.807) is 0 Å². The Labute approximate surface area is 110 Å². The third kappa shape index (κ3) is 1.91. The highest BCUT2D eigenvalue weighted by atomic mass is 16.5. The summed E-state index contributed by atoms with van der Waals surface area (Å²) in [6.07, 6.45) is 9.26. The van der Waals surface area contributed by atoms with E-state index in [-0.39, 0.29) is 0 Å². The zero-order valence-electron chi connectivity index (χ0n) is 11.5. The summed E-state index contributed by atoms with van der Waals surface area (Å²) >= 11 is 0. The van der Waals surface area contributed by atoms with Crippen molar-refractivity contribution in [2.24, 2.45) is 5.92 Å². The van der Waals surface area contributed by atoms with Crippen LogP contribution < -0.4 is 5.32 Å². The highest BCUT2D eigenvalue weighted by Gasteiger charge is 2.47. The SMILES string of the molecule is CCC1CNC(C2CC2)CN1C1CC2CCC1O2. The zero-order chi connectivity index (χ0) is 12.1. The number of rotatable bonds is 3. The van der Waals surface area contributed by atoms with Crippen LogP contribution >= 0.6 is 0 Å². The maximum absolute atomic E-state index is 6.08. The van der Waals surface area contributed by atoms with Crippen molar-refractivity contribution in [3.8, 4) is 0 Å². The predicted molar refractivity (Wildman–Crippen MR) is 71.6 cm³/mol. The van der Waals surface area contributed by atoms with Gasteiger partial charge in [-0.3, -0.25) is 4.90 Å². The van der Waals surface area contributed by atoms with Gasteiger partial charge in [-0.05, 0) is 44.4 Å². The quantitative estimate of drug-likeness (QED) is 0.826. The van der Waals surface area contributed by atoms with Crippen LogP contribution in [0.25, 0.3) is 0 Å². The van der Waals surface area contributed by atoms with Gasteiger partial charge in [-0.15, -0.1) is 0 Å². The number of piperazine rings is 1. The number of nitrogens with zero attached hydrogens (tertiary/aromatic N) is 1. The standard InChI is InChI=1S/C15H26N2O/c1-2-11-8-16-13(10-3-4-10)9-17(11)14-7-12-5-6-15(14)18-12/h10-16H,2-9H2,1H3. The monoisotopic (exact) mass is 250 g/mol. The summed E-state index contributed by atoms with van der Waals surface area (Å²) in [4.78, 5) is 2.82. The van der Waals surface area contributed by atoms with Crippen molar-refractivity contribution >= 4 is 0 Å². The molecule has 5 atom stereocenters. The van der Waals surface area contributed by atoms with Crippen molar-refractivity contribution in [3.05, 3.63) is 0 Å². The first kappa shape index (κ1) is 11.7. The van der Waals surface area contributed by atoms with Gasteiger partial charge in [0.1, 0.15) is 0 Å². The molecule has 0 aromatic rings. The van der Waals surface area contributed by atoms with Gasteiger partial charge in [0.25, 0.3) is 0 Å². The van der Waals surface area contributed by atoms with Gasteiger partial charge in [-0.1, -0.05) is 6.92 Å². The summed E-state index contributed by atoms with van der Waals surface area (Å²) in [7, 11) is 0. The summed E-state index contributed by atoms with van der Waals surface area (Å²) < 4.78 is 6.08. The molecule has 3 saturated heterocycles. The Morgan fingerprint density at radius 1 is 1.22 bits per heavy atom. The highest BCUT2D eigenvalue weighted by molar-refractivity contribution is 5.02. The van der Waals surface area contributed by atoms with Crippen molar-refractivity contribution in [1.82, 2.24) is 10.2 Å². The summed E-state index contributed by atoms with van der Waals surface area (Å²) in [6, 6.07) is 2.25. The molecule has 4 fully saturated rings. The minimum atomic E-state index is 0.557. The van der Waals surface area contributed by atoms with Crippen molar-refractivity contribution in [2.45, 2.75) is 75.8 Å². The van der Waals surface area contributed by atoms with Gasteiger partial charge in [0.05, 0.1) is 12.2 Å². The van der Waals surface area contributed by atoms with Crippen LogP contribution in [-0.2, 0) is 4.74 Å². The predicted octanol–water partition coefficient (Wildman–Crippen LogP) is 1.77. The Morgan fingerprint density at radius 3 is 2.72 bits per heavy atom. The molecule has 0 aromatic carbocycles. The lowest BCUT2D eigenvalue weighted by molar-refractivity contribution is 0.0268. The van der Waals surface area contributed by atoms with Crippen molar-refractivity contribution in [3.63, 3.8) is 0 Å². The first-order valence-electron chi connectivity index (χ1n) is 7.99. The van der Waals surface area contributed by atoms with Crippen LogP contribution in [0.2, 0.25) is 0 Å². The highest BCUT2D eigenvalue weighted by Crippen LogP contribution is 2.40. The second-order valence-corrected chi connectivity index (χ2v) is 6.79. The van der Waals surface area contributed by atoms with Crippen LogP contribution in [0.15, 0.2) is 0 Å². The van der Waals surface area contributed by atoms with Gasteiger partial charge >= 0.3 is 0 Å². The Kier molecular flexibility index (Phi) is 2.90. The lowest BCUT2D eigenvalue weighted by Gasteiger charge is -2.45. The zero-order valence-corrected chi connectivity index (χ0v) is 11.5. The van der Waals surface area contributed by atoms with Crippen molar-refractivity contribution in [1.29, 1.82) is 0 Å². The maximum atomic E-state index is 6.08. The average Bonchev–Trinajstić information content (AvgIpc) is 3.06. The number of hydrogen-bond donors (Lipinski definition) is 1. The number of fused-ring (bicyclic) bond motifs is 2. The molecule has 3 heterocycles. The second kappa shape index (κ2) is 4.46. The third-order valence-corrected chi connectivity index (χ3v) is 5.65. The van der Waals surface area contributed by atoms with Crippen LogP contribution in [0, 0.1) is 5.92 Å². The van der Waals surface area contributed by atoms with E-state index < -0.39 is 0 Å². The van der Waals surface area contributed by atoms with Crippen LogP contribution in [-0.4, -0.2) is 48.3 Å². The second-order valence-electron chi connectivity index (χ2n) is 6.79. The Morgan fingerprint density at radius 2 is 2.11 bits per heavy atom. The summed E-state index contributed by atoms with van der Waals surface area (Å²) in [5.41, 5.74) is 0. The topological polar surface area (TPSA) is 24.5 Å². The fourth-order valence-corrected chi connectivity index (χ4v) is 4.40. The molecule has 3 nitrogen and oxygen atoms in total. The molecule has 0 aromatic heterocycles. The molecule has 4 aliphatic rings. The summed E-state index contributed by atoms with van der Waals surface area (Å²) in [5.74, 6) is 0.977. The molecule has 0 spiro atoms. The fourth-order valence-electron chi connectivity index (χ4n) is 4.40. The van der Waals surface area contributed by atoms with E-state index >= 15 is 0 Å². The molecule has 18 heavy (non-hydrogen) atoms.